The maximum absolute atomic E-state index is 12.0. The number of carboxylic acids is 1. The summed E-state index contributed by atoms with van der Waals surface area (Å²) in [7, 11) is 0. The Morgan fingerprint density at radius 2 is 2.05 bits per heavy atom. The van der Waals surface area contributed by atoms with Crippen molar-refractivity contribution in [3.63, 3.8) is 0 Å². The minimum atomic E-state index is -1.18. The average Bonchev–Trinajstić information content (AvgIpc) is 2.41. The molecule has 0 bridgehead atoms. The Hall–Kier alpha value is -2.60. The lowest BCUT2D eigenvalue weighted by atomic mass is 10.2. The molecule has 0 spiro atoms. The van der Waals surface area contributed by atoms with Crippen LogP contribution in [0.5, 0.6) is 0 Å². The highest BCUT2D eigenvalue weighted by atomic mass is 35.5. The molecule has 6 nitrogen and oxygen atoms in total. The maximum Gasteiger partial charge on any atom is 0.337 e. The first-order chi connectivity index (χ1) is 9.49. The Morgan fingerprint density at radius 1 is 1.30 bits per heavy atom. The Bertz CT molecular complexity index is 688. The predicted octanol–water partition coefficient (Wildman–Crippen LogP) is 2.27. The van der Waals surface area contributed by atoms with Crippen molar-refractivity contribution in [2.75, 3.05) is 11.1 Å². The fraction of sp³-hybridized carbons (Fsp3) is 0. The molecule has 4 N–H and O–H groups in total. The van der Waals surface area contributed by atoms with Gasteiger partial charge in [-0.3, -0.25) is 4.79 Å². The van der Waals surface area contributed by atoms with Gasteiger partial charge in [0.25, 0.3) is 5.91 Å². The number of carboxylic acid groups (broad SMARTS) is 1. The molecule has 2 rings (SSSR count). The van der Waals surface area contributed by atoms with Gasteiger partial charge in [-0.2, -0.15) is 0 Å². The summed E-state index contributed by atoms with van der Waals surface area (Å²) in [6, 6.07) is 7.30. The molecule has 20 heavy (non-hydrogen) atoms. The minimum Gasteiger partial charge on any atom is -0.478 e. The number of halogens is 1. The number of aromatic nitrogens is 1. The summed E-state index contributed by atoms with van der Waals surface area (Å²) in [6.07, 6.45) is 1.44. The van der Waals surface area contributed by atoms with E-state index in [1.807, 2.05) is 0 Å². The summed E-state index contributed by atoms with van der Waals surface area (Å²) in [4.78, 5) is 26.8. The highest BCUT2D eigenvalue weighted by molar-refractivity contribution is 6.33. The summed E-state index contributed by atoms with van der Waals surface area (Å²) < 4.78 is 0. The molecule has 0 radical (unpaired) electrons. The molecule has 0 fully saturated rings. The normalized spacial score (nSPS) is 10.1. The third kappa shape index (κ3) is 2.86. The van der Waals surface area contributed by atoms with Gasteiger partial charge in [-0.25, -0.2) is 9.78 Å². The number of amides is 1. The van der Waals surface area contributed by atoms with Crippen molar-refractivity contribution >= 4 is 34.9 Å². The van der Waals surface area contributed by atoms with E-state index in [2.05, 4.69) is 10.3 Å². The van der Waals surface area contributed by atoms with Crippen molar-refractivity contribution in [2.24, 2.45) is 0 Å². The van der Waals surface area contributed by atoms with E-state index in [1.165, 1.54) is 24.4 Å². The molecule has 0 unspecified atom stereocenters. The molecule has 102 valence electrons. The molecule has 0 saturated carbocycles. The van der Waals surface area contributed by atoms with E-state index in [0.29, 0.717) is 5.69 Å². The van der Waals surface area contributed by atoms with Crippen molar-refractivity contribution in [1.82, 2.24) is 4.98 Å². The van der Waals surface area contributed by atoms with E-state index in [4.69, 9.17) is 22.4 Å². The van der Waals surface area contributed by atoms with Crippen molar-refractivity contribution in [3.05, 3.63) is 52.8 Å². The van der Waals surface area contributed by atoms with E-state index in [0.717, 1.165) is 0 Å². The summed E-state index contributed by atoms with van der Waals surface area (Å²) in [5.74, 6) is -1.70. The van der Waals surface area contributed by atoms with Crippen molar-refractivity contribution < 1.29 is 14.7 Å². The lowest BCUT2D eigenvalue weighted by molar-refractivity contribution is 0.0696. The number of nitrogen functional groups attached to an aromatic ring is 1. The van der Waals surface area contributed by atoms with Gasteiger partial charge < -0.3 is 16.2 Å². The molecule has 0 aliphatic heterocycles. The molecule has 0 aliphatic carbocycles. The second-order valence-electron chi connectivity index (χ2n) is 3.90. The van der Waals surface area contributed by atoms with Gasteiger partial charge in [-0.1, -0.05) is 11.6 Å². The fourth-order valence-electron chi connectivity index (χ4n) is 1.56. The molecule has 1 amide bonds. The zero-order valence-electron chi connectivity index (χ0n) is 10.1. The van der Waals surface area contributed by atoms with Crippen LogP contribution < -0.4 is 11.1 Å². The predicted molar refractivity (Wildman–Crippen MR) is 75.0 cm³/mol. The number of carbonyl (C=O) groups excluding carboxylic acids is 1. The molecular weight excluding hydrogens is 282 g/mol. The molecular formula is C13H10ClN3O3. The first-order valence-electron chi connectivity index (χ1n) is 5.53. The van der Waals surface area contributed by atoms with Crippen molar-refractivity contribution in [2.45, 2.75) is 0 Å². The van der Waals surface area contributed by atoms with Crippen LogP contribution in [0.4, 0.5) is 11.4 Å². The van der Waals surface area contributed by atoms with Gasteiger partial charge in [0.1, 0.15) is 0 Å². The van der Waals surface area contributed by atoms with Crippen LogP contribution in [0.25, 0.3) is 0 Å². The Labute approximate surface area is 119 Å². The third-order valence-corrected chi connectivity index (χ3v) is 2.84. The smallest absolute Gasteiger partial charge is 0.337 e. The van der Waals surface area contributed by atoms with Crippen LogP contribution in [0.3, 0.4) is 0 Å². The van der Waals surface area contributed by atoms with Gasteiger partial charge in [0.2, 0.25) is 0 Å². The van der Waals surface area contributed by atoms with E-state index < -0.39 is 11.9 Å². The number of nitrogens with zero attached hydrogens (tertiary/aromatic N) is 1. The Morgan fingerprint density at radius 3 is 2.70 bits per heavy atom. The van der Waals surface area contributed by atoms with Crippen LogP contribution in [0.15, 0.2) is 36.5 Å². The maximum atomic E-state index is 12.0. The van der Waals surface area contributed by atoms with Crippen LogP contribution in [-0.2, 0) is 0 Å². The number of pyridine rings is 1. The second-order valence-corrected chi connectivity index (χ2v) is 4.30. The summed E-state index contributed by atoms with van der Waals surface area (Å²) in [5.41, 5.74) is 6.14. The second kappa shape index (κ2) is 5.58. The molecule has 1 aromatic heterocycles. The van der Waals surface area contributed by atoms with Gasteiger partial charge in [0.05, 0.1) is 16.3 Å². The zero-order chi connectivity index (χ0) is 14.7. The lowest BCUT2D eigenvalue weighted by Gasteiger charge is -2.08. The van der Waals surface area contributed by atoms with Gasteiger partial charge in [-0.15, -0.1) is 0 Å². The number of carbonyl (C=O) groups is 2. The van der Waals surface area contributed by atoms with Gasteiger partial charge in [-0.05, 0) is 30.3 Å². The van der Waals surface area contributed by atoms with E-state index >= 15 is 0 Å². The van der Waals surface area contributed by atoms with Crippen LogP contribution in [0.2, 0.25) is 5.02 Å². The van der Waals surface area contributed by atoms with E-state index in [-0.39, 0.29) is 22.0 Å². The van der Waals surface area contributed by atoms with Crippen LogP contribution in [-0.4, -0.2) is 22.0 Å². The number of hydrogen-bond donors (Lipinski definition) is 3. The average molecular weight is 292 g/mol. The first kappa shape index (κ1) is 13.8. The molecule has 0 saturated heterocycles. The summed E-state index contributed by atoms with van der Waals surface area (Å²) >= 11 is 5.74. The highest BCUT2D eigenvalue weighted by Gasteiger charge is 2.14. The third-order valence-electron chi connectivity index (χ3n) is 2.51. The molecule has 7 heteroatoms. The molecule has 1 aromatic carbocycles. The highest BCUT2D eigenvalue weighted by Crippen LogP contribution is 2.21. The topological polar surface area (TPSA) is 105 Å². The number of benzene rings is 1. The number of nitrogens with two attached hydrogens (primary N) is 1. The summed E-state index contributed by atoms with van der Waals surface area (Å²) in [6.45, 7) is 0. The number of hydrogen-bond acceptors (Lipinski definition) is 4. The first-order valence-corrected chi connectivity index (χ1v) is 5.91. The Kier molecular flexibility index (Phi) is 3.86. The minimum absolute atomic E-state index is 0.0688. The number of anilines is 2. The summed E-state index contributed by atoms with van der Waals surface area (Å²) in [5, 5.41) is 11.6. The number of rotatable bonds is 3. The molecule has 1 heterocycles. The standard InChI is InChI=1S/C13H10ClN3O3/c14-9-4-3-7(6-8(9)13(19)20)17-12(18)11-10(15)2-1-5-16-11/h1-6H,15H2,(H,17,18)(H,19,20). The van der Waals surface area contributed by atoms with E-state index in [9.17, 15) is 9.59 Å². The number of aromatic carboxylic acids is 1. The zero-order valence-corrected chi connectivity index (χ0v) is 10.9. The monoisotopic (exact) mass is 291 g/mol. The van der Waals surface area contributed by atoms with Crippen molar-refractivity contribution in [1.29, 1.82) is 0 Å². The van der Waals surface area contributed by atoms with Crippen LogP contribution in [0.1, 0.15) is 20.8 Å². The quantitative estimate of drug-likeness (QED) is 0.804. The van der Waals surface area contributed by atoms with Crippen LogP contribution >= 0.6 is 11.6 Å². The number of nitrogens with one attached hydrogen (secondary N) is 1. The van der Waals surface area contributed by atoms with Crippen LogP contribution in [0, 0.1) is 0 Å². The molecule has 0 atom stereocenters. The van der Waals surface area contributed by atoms with Gasteiger partial charge in [0.15, 0.2) is 5.69 Å². The molecule has 0 aliphatic rings. The van der Waals surface area contributed by atoms with Crippen molar-refractivity contribution in [3.8, 4) is 0 Å². The largest absolute Gasteiger partial charge is 0.478 e. The van der Waals surface area contributed by atoms with E-state index in [1.54, 1.807) is 12.1 Å². The van der Waals surface area contributed by atoms with Gasteiger partial charge in [0, 0.05) is 11.9 Å². The lowest BCUT2D eigenvalue weighted by Crippen LogP contribution is -2.16. The Balaban J connectivity index is 2.27. The fourth-order valence-corrected chi connectivity index (χ4v) is 1.76. The molecule has 2 aromatic rings. The van der Waals surface area contributed by atoms with Gasteiger partial charge >= 0.3 is 5.97 Å². The SMILES string of the molecule is Nc1cccnc1C(=O)Nc1ccc(Cl)c(C(=O)O)c1.